The number of aromatic nitrogens is 2. The largest absolute Gasteiger partial charge is 0.394 e. The molecule has 0 spiro atoms. The molecule has 0 unspecified atom stereocenters. The number of rotatable bonds is 5. The number of carbonyl (C=O) groups excluding carboxylic acids is 1. The van der Waals surface area contributed by atoms with Gasteiger partial charge in [-0.05, 0) is 24.1 Å². The zero-order chi connectivity index (χ0) is 13.7. The molecule has 0 fully saturated rings. The van der Waals surface area contributed by atoms with Crippen molar-refractivity contribution in [3.05, 3.63) is 47.5 Å². The predicted octanol–water partition coefficient (Wildman–Crippen LogP) is 1.01. The molecule has 2 N–H and O–H groups in total. The highest BCUT2D eigenvalue weighted by molar-refractivity contribution is 6.99. The molecule has 1 aromatic heterocycles. The second-order valence-electron chi connectivity index (χ2n) is 3.98. The number of carbonyl (C=O) groups is 1. The van der Waals surface area contributed by atoms with Gasteiger partial charge in [0.05, 0.1) is 30.6 Å². The van der Waals surface area contributed by atoms with Gasteiger partial charge in [-0.15, -0.1) is 0 Å². The molecule has 1 atom stereocenters. The molecule has 7 heteroatoms. The normalized spacial score (nSPS) is 12.1. The van der Waals surface area contributed by atoms with Gasteiger partial charge in [0.15, 0.2) is 5.69 Å². The fraction of sp³-hybridized carbons (Fsp3) is 0.250. The second-order valence-corrected chi connectivity index (χ2v) is 4.53. The first-order valence-corrected chi connectivity index (χ1v) is 6.36. The highest BCUT2D eigenvalue weighted by Crippen LogP contribution is 2.06. The van der Waals surface area contributed by atoms with Gasteiger partial charge in [0.25, 0.3) is 5.91 Å². The Hall–Kier alpha value is -1.86. The predicted molar refractivity (Wildman–Crippen MR) is 68.4 cm³/mol. The van der Waals surface area contributed by atoms with E-state index in [1.165, 1.54) is 18.3 Å². The summed E-state index contributed by atoms with van der Waals surface area (Å²) in [6.45, 7) is -0.208. The fourth-order valence-corrected chi connectivity index (χ4v) is 2.00. The summed E-state index contributed by atoms with van der Waals surface area (Å²) in [6.07, 6.45) is 1.78. The minimum atomic E-state index is -0.445. The van der Waals surface area contributed by atoms with Crippen molar-refractivity contribution >= 4 is 17.6 Å². The number of aliphatic hydroxyl groups is 1. The standard InChI is InChI=1S/C12H12FN3O2S/c13-9-3-1-8(2-4-9)5-10(7-17)15-12(18)11-6-14-19-16-11/h1-4,6,10,17H,5,7H2,(H,15,18)/t10-/m1/s1. The van der Waals surface area contributed by atoms with E-state index in [4.69, 9.17) is 0 Å². The third-order valence-electron chi connectivity index (χ3n) is 2.54. The maximum absolute atomic E-state index is 12.8. The van der Waals surface area contributed by atoms with E-state index in [0.717, 1.165) is 17.3 Å². The molecule has 1 aromatic carbocycles. The molecule has 1 heterocycles. The lowest BCUT2D eigenvalue weighted by molar-refractivity contribution is 0.0912. The maximum atomic E-state index is 12.8. The van der Waals surface area contributed by atoms with Crippen LogP contribution in [0.4, 0.5) is 4.39 Å². The van der Waals surface area contributed by atoms with E-state index in [1.807, 2.05) is 0 Å². The molecular weight excluding hydrogens is 269 g/mol. The summed E-state index contributed by atoms with van der Waals surface area (Å²) < 4.78 is 20.3. The molecule has 2 aromatic rings. The van der Waals surface area contributed by atoms with Crippen LogP contribution in [0.3, 0.4) is 0 Å². The van der Waals surface area contributed by atoms with Crippen molar-refractivity contribution < 1.29 is 14.3 Å². The molecule has 1 amide bonds. The van der Waals surface area contributed by atoms with Crippen molar-refractivity contribution in [3.63, 3.8) is 0 Å². The first kappa shape index (κ1) is 13.6. The van der Waals surface area contributed by atoms with E-state index in [-0.39, 0.29) is 24.0 Å². The Morgan fingerprint density at radius 2 is 2.16 bits per heavy atom. The van der Waals surface area contributed by atoms with Gasteiger partial charge in [0.2, 0.25) is 0 Å². The zero-order valence-electron chi connectivity index (χ0n) is 9.91. The maximum Gasteiger partial charge on any atom is 0.272 e. The van der Waals surface area contributed by atoms with Crippen LogP contribution in [0, 0.1) is 5.82 Å². The van der Waals surface area contributed by atoms with Crippen molar-refractivity contribution in [2.75, 3.05) is 6.61 Å². The van der Waals surface area contributed by atoms with E-state index < -0.39 is 6.04 Å². The Bertz CT molecular complexity index is 530. The van der Waals surface area contributed by atoms with Crippen LogP contribution in [-0.2, 0) is 6.42 Å². The molecule has 0 radical (unpaired) electrons. The van der Waals surface area contributed by atoms with Crippen molar-refractivity contribution in [1.82, 2.24) is 14.1 Å². The van der Waals surface area contributed by atoms with Gasteiger partial charge in [0, 0.05) is 0 Å². The fourth-order valence-electron chi connectivity index (χ4n) is 1.59. The van der Waals surface area contributed by atoms with Crippen LogP contribution in [0.15, 0.2) is 30.5 Å². The number of benzene rings is 1. The molecular formula is C12H12FN3O2S. The van der Waals surface area contributed by atoms with E-state index >= 15 is 0 Å². The molecule has 100 valence electrons. The van der Waals surface area contributed by atoms with Gasteiger partial charge < -0.3 is 10.4 Å². The van der Waals surface area contributed by atoms with E-state index in [2.05, 4.69) is 14.1 Å². The molecule has 0 bridgehead atoms. The third kappa shape index (κ3) is 3.80. The lowest BCUT2D eigenvalue weighted by Crippen LogP contribution is -2.39. The third-order valence-corrected chi connectivity index (χ3v) is 3.02. The average molecular weight is 281 g/mol. The summed E-state index contributed by atoms with van der Waals surface area (Å²) in [5, 5.41) is 11.9. The van der Waals surface area contributed by atoms with Crippen molar-refractivity contribution in [2.45, 2.75) is 12.5 Å². The van der Waals surface area contributed by atoms with E-state index in [9.17, 15) is 14.3 Å². The number of nitrogens with one attached hydrogen (secondary N) is 1. The summed E-state index contributed by atoms with van der Waals surface area (Å²) in [5.41, 5.74) is 1.06. The van der Waals surface area contributed by atoms with Gasteiger partial charge in [-0.1, -0.05) is 12.1 Å². The van der Waals surface area contributed by atoms with Crippen LogP contribution in [0.5, 0.6) is 0 Å². The SMILES string of the molecule is O=C(N[C@@H](CO)Cc1ccc(F)cc1)c1cnsn1. The van der Waals surface area contributed by atoms with Crippen LogP contribution < -0.4 is 5.32 Å². The Labute approximate surface area is 113 Å². The Morgan fingerprint density at radius 1 is 1.42 bits per heavy atom. The number of halogens is 1. The zero-order valence-corrected chi connectivity index (χ0v) is 10.7. The molecule has 0 aliphatic heterocycles. The van der Waals surface area contributed by atoms with Crippen LogP contribution in [0.25, 0.3) is 0 Å². The lowest BCUT2D eigenvalue weighted by atomic mass is 10.1. The first-order chi connectivity index (χ1) is 9.19. The molecule has 0 saturated heterocycles. The summed E-state index contributed by atoms with van der Waals surface area (Å²) in [6, 6.07) is 5.48. The van der Waals surface area contributed by atoms with E-state index in [1.54, 1.807) is 12.1 Å². The number of hydrogen-bond acceptors (Lipinski definition) is 5. The van der Waals surface area contributed by atoms with Crippen LogP contribution in [0.1, 0.15) is 16.1 Å². The molecule has 2 rings (SSSR count). The summed E-state index contributed by atoms with van der Waals surface area (Å²) >= 11 is 0.943. The molecule has 0 aliphatic rings. The molecule has 0 saturated carbocycles. The topological polar surface area (TPSA) is 75.1 Å². The molecule has 5 nitrogen and oxygen atoms in total. The highest BCUT2D eigenvalue weighted by Gasteiger charge is 2.15. The van der Waals surface area contributed by atoms with Crippen molar-refractivity contribution in [2.24, 2.45) is 0 Å². The number of aliphatic hydroxyl groups excluding tert-OH is 1. The van der Waals surface area contributed by atoms with Crippen LogP contribution in [-0.4, -0.2) is 32.4 Å². The van der Waals surface area contributed by atoms with Gasteiger partial charge in [-0.3, -0.25) is 4.79 Å². The van der Waals surface area contributed by atoms with Gasteiger partial charge in [-0.25, -0.2) is 4.39 Å². The Balaban J connectivity index is 1.97. The second kappa shape index (κ2) is 6.35. The quantitative estimate of drug-likeness (QED) is 0.857. The summed E-state index contributed by atoms with van der Waals surface area (Å²) in [7, 11) is 0. The van der Waals surface area contributed by atoms with Gasteiger partial charge in [0.1, 0.15) is 5.82 Å². The van der Waals surface area contributed by atoms with Crippen molar-refractivity contribution in [1.29, 1.82) is 0 Å². The smallest absolute Gasteiger partial charge is 0.272 e. The average Bonchev–Trinajstić information content (AvgIpc) is 2.94. The van der Waals surface area contributed by atoms with Gasteiger partial charge in [-0.2, -0.15) is 8.75 Å². The lowest BCUT2D eigenvalue weighted by Gasteiger charge is -2.15. The Morgan fingerprint density at radius 3 is 2.74 bits per heavy atom. The number of nitrogens with zero attached hydrogens (tertiary/aromatic N) is 2. The summed E-state index contributed by atoms with van der Waals surface area (Å²) in [5.74, 6) is -0.697. The highest BCUT2D eigenvalue weighted by atomic mass is 32.1. The molecule has 19 heavy (non-hydrogen) atoms. The van der Waals surface area contributed by atoms with Gasteiger partial charge >= 0.3 is 0 Å². The van der Waals surface area contributed by atoms with Crippen molar-refractivity contribution in [3.8, 4) is 0 Å². The van der Waals surface area contributed by atoms with Crippen LogP contribution in [0.2, 0.25) is 0 Å². The first-order valence-electron chi connectivity index (χ1n) is 5.63. The monoisotopic (exact) mass is 281 g/mol. The number of amides is 1. The minimum absolute atomic E-state index is 0.208. The molecule has 0 aliphatic carbocycles. The summed E-state index contributed by atoms with van der Waals surface area (Å²) in [4.78, 5) is 11.7. The minimum Gasteiger partial charge on any atom is -0.394 e. The Kier molecular flexibility index (Phi) is 4.53. The van der Waals surface area contributed by atoms with Crippen LogP contribution >= 0.6 is 11.7 Å². The van der Waals surface area contributed by atoms with E-state index in [0.29, 0.717) is 6.42 Å². The number of hydrogen-bond donors (Lipinski definition) is 2.